The second kappa shape index (κ2) is 7.98. The number of rotatable bonds is 6. The Kier molecular flexibility index (Phi) is 5.07. The monoisotopic (exact) mass is 385 g/mol. The van der Waals surface area contributed by atoms with Gasteiger partial charge in [-0.3, -0.25) is 4.98 Å². The zero-order valence-corrected chi connectivity index (χ0v) is 15.6. The molecule has 0 unspecified atom stereocenters. The first-order valence-corrected chi connectivity index (χ1v) is 9.17. The Morgan fingerprint density at radius 1 is 1.10 bits per heavy atom. The van der Waals surface area contributed by atoms with Crippen LogP contribution in [0, 0.1) is 0 Å². The smallest absolute Gasteiger partial charge is 0.405 e. The van der Waals surface area contributed by atoms with Gasteiger partial charge in [-0.05, 0) is 35.9 Å². The molecule has 2 heterocycles. The molecule has 0 fully saturated rings. The van der Waals surface area contributed by atoms with Crippen LogP contribution >= 0.6 is 0 Å². The molecule has 0 saturated carbocycles. The maximum atomic E-state index is 11.5. The summed E-state index contributed by atoms with van der Waals surface area (Å²) in [6, 6.07) is 20.3. The summed E-state index contributed by atoms with van der Waals surface area (Å²) in [6.07, 6.45) is 0.953. The van der Waals surface area contributed by atoms with E-state index in [-0.39, 0.29) is 0 Å². The molecule has 1 amide bonds. The molecule has 2 aromatic heterocycles. The zero-order chi connectivity index (χ0) is 20.2. The predicted molar refractivity (Wildman–Crippen MR) is 111 cm³/mol. The highest BCUT2D eigenvalue weighted by Crippen LogP contribution is 2.34. The number of hydrogen-bond acceptors (Lipinski definition) is 4. The van der Waals surface area contributed by atoms with Gasteiger partial charge in [0, 0.05) is 23.1 Å². The summed E-state index contributed by atoms with van der Waals surface area (Å²) in [5.41, 5.74) is 4.49. The van der Waals surface area contributed by atoms with E-state index in [4.69, 9.17) is 4.52 Å². The second-order valence-electron chi connectivity index (χ2n) is 6.58. The van der Waals surface area contributed by atoms with Crippen molar-refractivity contribution in [2.75, 3.05) is 0 Å². The highest BCUT2D eigenvalue weighted by atomic mass is 16.5. The van der Waals surface area contributed by atoms with Crippen molar-refractivity contribution < 1.29 is 14.4 Å². The average Bonchev–Trinajstić information content (AvgIpc) is 3.17. The standard InChI is InChI=1S/C23H19N3O3/c1-2-15-8-7-9-16(24-15)14-20(25-23(27)28)17-10-3-4-11-18(17)22-19-12-5-6-13-21(19)29-26-22/h2-13,20,25H,1,14H2,(H,27,28)/t20-/m0/s1. The third kappa shape index (κ3) is 3.87. The SMILES string of the molecule is C=Cc1cccc(C[C@H](NC(=O)O)c2ccccc2-c2noc3ccccc23)n1. The van der Waals surface area contributed by atoms with Crippen molar-refractivity contribution in [2.45, 2.75) is 12.5 Å². The number of aromatic nitrogens is 2. The van der Waals surface area contributed by atoms with E-state index in [1.807, 2.05) is 66.7 Å². The van der Waals surface area contributed by atoms with Crippen LogP contribution in [0.3, 0.4) is 0 Å². The van der Waals surface area contributed by atoms with E-state index in [1.54, 1.807) is 6.08 Å². The van der Waals surface area contributed by atoms with Crippen LogP contribution in [0.2, 0.25) is 0 Å². The third-order valence-corrected chi connectivity index (χ3v) is 4.72. The highest BCUT2D eigenvalue weighted by Gasteiger charge is 2.22. The van der Waals surface area contributed by atoms with Gasteiger partial charge in [-0.1, -0.05) is 54.2 Å². The van der Waals surface area contributed by atoms with E-state index >= 15 is 0 Å². The number of nitrogens with one attached hydrogen (secondary N) is 1. The number of fused-ring (bicyclic) bond motifs is 1. The Hall–Kier alpha value is -3.93. The number of benzene rings is 2. The Bertz CT molecular complexity index is 1180. The number of pyridine rings is 1. The lowest BCUT2D eigenvalue weighted by atomic mass is 9.93. The van der Waals surface area contributed by atoms with E-state index in [2.05, 4.69) is 22.0 Å². The lowest BCUT2D eigenvalue weighted by Gasteiger charge is -2.20. The van der Waals surface area contributed by atoms with E-state index in [0.717, 1.165) is 27.9 Å². The van der Waals surface area contributed by atoms with Crippen molar-refractivity contribution in [3.05, 3.63) is 90.3 Å². The first-order valence-electron chi connectivity index (χ1n) is 9.17. The maximum absolute atomic E-state index is 11.5. The second-order valence-corrected chi connectivity index (χ2v) is 6.58. The minimum Gasteiger partial charge on any atom is -0.465 e. The first-order chi connectivity index (χ1) is 14.2. The molecular formula is C23H19N3O3. The molecule has 29 heavy (non-hydrogen) atoms. The van der Waals surface area contributed by atoms with Crippen LogP contribution in [-0.2, 0) is 6.42 Å². The Morgan fingerprint density at radius 3 is 2.72 bits per heavy atom. The summed E-state index contributed by atoms with van der Waals surface area (Å²) >= 11 is 0. The molecule has 2 N–H and O–H groups in total. The molecule has 0 aliphatic heterocycles. The Balaban J connectivity index is 1.79. The molecule has 0 aliphatic carbocycles. The maximum Gasteiger partial charge on any atom is 0.405 e. The summed E-state index contributed by atoms with van der Waals surface area (Å²) < 4.78 is 5.46. The van der Waals surface area contributed by atoms with Gasteiger partial charge in [-0.2, -0.15) is 0 Å². The van der Waals surface area contributed by atoms with Gasteiger partial charge in [-0.15, -0.1) is 0 Å². The molecule has 2 aromatic carbocycles. The van der Waals surface area contributed by atoms with Crippen LogP contribution in [0.5, 0.6) is 0 Å². The summed E-state index contributed by atoms with van der Waals surface area (Å²) in [6.45, 7) is 3.74. The zero-order valence-electron chi connectivity index (χ0n) is 15.6. The van der Waals surface area contributed by atoms with Gasteiger partial charge < -0.3 is 14.9 Å². The van der Waals surface area contributed by atoms with E-state index in [1.165, 1.54) is 0 Å². The van der Waals surface area contributed by atoms with Crippen molar-refractivity contribution in [3.63, 3.8) is 0 Å². The lowest BCUT2D eigenvalue weighted by Crippen LogP contribution is -2.29. The number of hydrogen-bond donors (Lipinski definition) is 2. The van der Waals surface area contributed by atoms with E-state index in [0.29, 0.717) is 17.7 Å². The molecule has 0 radical (unpaired) electrons. The van der Waals surface area contributed by atoms with Crippen LogP contribution in [0.15, 0.2) is 77.8 Å². The molecular weight excluding hydrogens is 366 g/mol. The topological polar surface area (TPSA) is 88.2 Å². The van der Waals surface area contributed by atoms with Crippen LogP contribution in [0.25, 0.3) is 28.3 Å². The molecule has 144 valence electrons. The summed E-state index contributed by atoms with van der Waals surface area (Å²) in [7, 11) is 0. The third-order valence-electron chi connectivity index (χ3n) is 4.72. The fraction of sp³-hybridized carbons (Fsp3) is 0.0870. The van der Waals surface area contributed by atoms with Crippen LogP contribution in [0.4, 0.5) is 4.79 Å². The minimum atomic E-state index is -1.10. The number of nitrogens with zero attached hydrogens (tertiary/aromatic N) is 2. The van der Waals surface area contributed by atoms with Gasteiger partial charge in [0.25, 0.3) is 0 Å². The fourth-order valence-corrected chi connectivity index (χ4v) is 3.42. The summed E-state index contributed by atoms with van der Waals surface area (Å²) in [4.78, 5) is 16.0. The summed E-state index contributed by atoms with van der Waals surface area (Å²) in [5, 5.41) is 17.2. The van der Waals surface area contributed by atoms with Crippen molar-refractivity contribution in [3.8, 4) is 11.3 Å². The first kappa shape index (κ1) is 18.4. The largest absolute Gasteiger partial charge is 0.465 e. The van der Waals surface area contributed by atoms with Crippen molar-refractivity contribution in [1.29, 1.82) is 0 Å². The van der Waals surface area contributed by atoms with Gasteiger partial charge in [0.05, 0.1) is 11.7 Å². The van der Waals surface area contributed by atoms with Gasteiger partial charge in [0.2, 0.25) is 0 Å². The molecule has 6 nitrogen and oxygen atoms in total. The predicted octanol–water partition coefficient (Wildman–Crippen LogP) is 5.08. The van der Waals surface area contributed by atoms with Crippen molar-refractivity contribution in [2.24, 2.45) is 0 Å². The van der Waals surface area contributed by atoms with E-state index < -0.39 is 12.1 Å². The van der Waals surface area contributed by atoms with Crippen molar-refractivity contribution in [1.82, 2.24) is 15.5 Å². The quantitative estimate of drug-likeness (QED) is 0.483. The van der Waals surface area contributed by atoms with E-state index in [9.17, 15) is 9.90 Å². The van der Waals surface area contributed by atoms with Gasteiger partial charge in [-0.25, -0.2) is 4.79 Å². The van der Waals surface area contributed by atoms with Gasteiger partial charge in [0.15, 0.2) is 5.58 Å². The number of carboxylic acid groups (broad SMARTS) is 1. The molecule has 0 spiro atoms. The molecule has 1 atom stereocenters. The molecule has 6 heteroatoms. The van der Waals surface area contributed by atoms with Gasteiger partial charge >= 0.3 is 6.09 Å². The fourth-order valence-electron chi connectivity index (χ4n) is 3.42. The summed E-state index contributed by atoms with van der Waals surface area (Å²) in [5.74, 6) is 0. The van der Waals surface area contributed by atoms with Crippen LogP contribution < -0.4 is 5.32 Å². The molecule has 0 saturated heterocycles. The Labute approximate surface area is 167 Å². The lowest BCUT2D eigenvalue weighted by molar-refractivity contribution is 0.190. The average molecular weight is 385 g/mol. The molecule has 0 aliphatic rings. The van der Waals surface area contributed by atoms with Gasteiger partial charge in [0.1, 0.15) is 5.69 Å². The number of amides is 1. The van der Waals surface area contributed by atoms with Crippen LogP contribution in [0.1, 0.15) is 23.0 Å². The molecule has 4 rings (SSSR count). The molecule has 0 bridgehead atoms. The normalized spacial score (nSPS) is 11.9. The molecule has 4 aromatic rings. The number of para-hydroxylation sites is 1. The Morgan fingerprint density at radius 2 is 1.90 bits per heavy atom. The number of carbonyl (C=O) groups is 1. The minimum absolute atomic E-state index is 0.390. The van der Waals surface area contributed by atoms with Crippen molar-refractivity contribution >= 4 is 23.1 Å². The van der Waals surface area contributed by atoms with Crippen LogP contribution in [-0.4, -0.2) is 21.3 Å². The highest BCUT2D eigenvalue weighted by molar-refractivity contribution is 5.92.